The quantitative estimate of drug-likeness (QED) is 0.935. The zero-order valence-electron chi connectivity index (χ0n) is 13.0. The molecule has 1 aromatic carbocycles. The first-order chi connectivity index (χ1) is 10.7. The van der Waals surface area contributed by atoms with Gasteiger partial charge in [0.05, 0.1) is 11.1 Å². The highest BCUT2D eigenvalue weighted by Gasteiger charge is 2.42. The van der Waals surface area contributed by atoms with Crippen LogP contribution in [-0.4, -0.2) is 16.9 Å². The molecule has 4 rings (SSSR count). The number of hydrogen-bond donors (Lipinski definition) is 1. The molecule has 2 saturated carbocycles. The molecule has 3 nitrogen and oxygen atoms in total. The number of benzene rings is 1. The van der Waals surface area contributed by atoms with Crippen molar-refractivity contribution < 1.29 is 4.79 Å². The molecule has 3 heteroatoms. The smallest absolute Gasteiger partial charge is 0.253 e. The van der Waals surface area contributed by atoms with Gasteiger partial charge < -0.3 is 5.32 Å². The normalized spacial score (nSPS) is 28.0. The third-order valence-electron chi connectivity index (χ3n) is 5.67. The zero-order chi connectivity index (χ0) is 15.1. The van der Waals surface area contributed by atoms with Gasteiger partial charge in [0.1, 0.15) is 0 Å². The first-order valence-corrected chi connectivity index (χ1v) is 8.37. The SMILES string of the molecule is CC(NC(=O)c1cccc2cccnc12)C1CC2CCC1C2. The maximum Gasteiger partial charge on any atom is 0.253 e. The largest absolute Gasteiger partial charge is 0.349 e. The van der Waals surface area contributed by atoms with Gasteiger partial charge >= 0.3 is 0 Å². The van der Waals surface area contributed by atoms with Crippen LogP contribution >= 0.6 is 0 Å². The minimum atomic E-state index is 0.0135. The first kappa shape index (κ1) is 13.7. The molecule has 4 unspecified atom stereocenters. The number of rotatable bonds is 3. The summed E-state index contributed by atoms with van der Waals surface area (Å²) < 4.78 is 0. The Labute approximate surface area is 131 Å². The molecular weight excluding hydrogens is 272 g/mol. The van der Waals surface area contributed by atoms with E-state index in [9.17, 15) is 4.79 Å². The Morgan fingerprint density at radius 2 is 2.09 bits per heavy atom. The Hall–Kier alpha value is -1.90. The second-order valence-corrected chi connectivity index (χ2v) is 6.98. The van der Waals surface area contributed by atoms with Gasteiger partial charge in [-0.25, -0.2) is 0 Å². The molecule has 0 saturated heterocycles. The van der Waals surface area contributed by atoms with Crippen LogP contribution in [0.4, 0.5) is 0 Å². The first-order valence-electron chi connectivity index (χ1n) is 8.37. The van der Waals surface area contributed by atoms with Crippen LogP contribution < -0.4 is 5.32 Å². The van der Waals surface area contributed by atoms with Crippen molar-refractivity contribution in [2.75, 3.05) is 0 Å². The lowest BCUT2D eigenvalue weighted by molar-refractivity contribution is 0.0917. The molecule has 2 aliphatic rings. The summed E-state index contributed by atoms with van der Waals surface area (Å²) in [6, 6.07) is 9.96. The lowest BCUT2D eigenvalue weighted by Crippen LogP contribution is -2.40. The third-order valence-corrected chi connectivity index (χ3v) is 5.67. The van der Waals surface area contributed by atoms with Crippen LogP contribution in [0.3, 0.4) is 0 Å². The highest BCUT2D eigenvalue weighted by atomic mass is 16.1. The van der Waals surface area contributed by atoms with Crippen LogP contribution in [0.5, 0.6) is 0 Å². The molecule has 2 bridgehead atoms. The number of nitrogens with one attached hydrogen (secondary N) is 1. The maximum atomic E-state index is 12.7. The Morgan fingerprint density at radius 1 is 1.23 bits per heavy atom. The Bertz CT molecular complexity index is 706. The Morgan fingerprint density at radius 3 is 2.86 bits per heavy atom. The number of fused-ring (bicyclic) bond motifs is 3. The summed E-state index contributed by atoms with van der Waals surface area (Å²) in [6.07, 6.45) is 7.17. The Kier molecular flexibility index (Phi) is 3.36. The fourth-order valence-corrected chi connectivity index (χ4v) is 4.59. The molecule has 114 valence electrons. The van der Waals surface area contributed by atoms with Crippen LogP contribution in [0.2, 0.25) is 0 Å². The van der Waals surface area contributed by atoms with E-state index >= 15 is 0 Å². The van der Waals surface area contributed by atoms with Gasteiger partial charge in [-0.3, -0.25) is 9.78 Å². The minimum absolute atomic E-state index is 0.0135. The number of nitrogens with zero attached hydrogens (tertiary/aromatic N) is 1. The van der Waals surface area contributed by atoms with E-state index in [0.717, 1.165) is 22.7 Å². The van der Waals surface area contributed by atoms with Crippen molar-refractivity contribution in [2.24, 2.45) is 17.8 Å². The topological polar surface area (TPSA) is 42.0 Å². The molecule has 2 fully saturated rings. The second-order valence-electron chi connectivity index (χ2n) is 6.98. The molecule has 0 spiro atoms. The van der Waals surface area contributed by atoms with E-state index in [2.05, 4.69) is 17.2 Å². The van der Waals surface area contributed by atoms with Crippen molar-refractivity contribution in [3.05, 3.63) is 42.1 Å². The van der Waals surface area contributed by atoms with E-state index < -0.39 is 0 Å². The molecule has 1 N–H and O–H groups in total. The molecule has 0 radical (unpaired) electrons. The van der Waals surface area contributed by atoms with Crippen molar-refractivity contribution in [1.29, 1.82) is 0 Å². The van der Waals surface area contributed by atoms with E-state index in [1.165, 1.54) is 25.7 Å². The molecular formula is C19H22N2O. The average Bonchev–Trinajstić information content (AvgIpc) is 3.17. The number of para-hydroxylation sites is 1. The third kappa shape index (κ3) is 2.29. The summed E-state index contributed by atoms with van der Waals surface area (Å²) in [6.45, 7) is 2.17. The molecule has 2 aliphatic carbocycles. The predicted molar refractivity (Wildman–Crippen MR) is 87.6 cm³/mol. The van der Waals surface area contributed by atoms with Gasteiger partial charge in [0.2, 0.25) is 0 Å². The van der Waals surface area contributed by atoms with E-state index in [-0.39, 0.29) is 11.9 Å². The average molecular weight is 294 g/mol. The molecule has 22 heavy (non-hydrogen) atoms. The number of hydrogen-bond acceptors (Lipinski definition) is 2. The molecule has 1 heterocycles. The number of carbonyl (C=O) groups excluding carboxylic acids is 1. The standard InChI is InChI=1S/C19H22N2O/c1-12(17-11-13-7-8-15(17)10-13)21-19(22)16-6-2-4-14-5-3-9-20-18(14)16/h2-6,9,12-13,15,17H,7-8,10-11H2,1H3,(H,21,22). The summed E-state index contributed by atoms with van der Waals surface area (Å²) in [5.74, 6) is 2.41. The van der Waals surface area contributed by atoms with Crippen molar-refractivity contribution in [1.82, 2.24) is 10.3 Å². The molecule has 0 aliphatic heterocycles. The fourth-order valence-electron chi connectivity index (χ4n) is 4.59. The van der Waals surface area contributed by atoms with Gasteiger partial charge in [-0.05, 0) is 56.1 Å². The van der Waals surface area contributed by atoms with Gasteiger partial charge in [0.15, 0.2) is 0 Å². The van der Waals surface area contributed by atoms with E-state index in [4.69, 9.17) is 0 Å². The fraction of sp³-hybridized carbons (Fsp3) is 0.474. The van der Waals surface area contributed by atoms with Crippen molar-refractivity contribution in [3.8, 4) is 0 Å². The van der Waals surface area contributed by atoms with Crippen LogP contribution in [0, 0.1) is 17.8 Å². The predicted octanol–water partition coefficient (Wildman–Crippen LogP) is 3.79. The highest BCUT2D eigenvalue weighted by molar-refractivity contribution is 6.05. The van der Waals surface area contributed by atoms with Crippen molar-refractivity contribution in [2.45, 2.75) is 38.6 Å². The summed E-state index contributed by atoms with van der Waals surface area (Å²) in [5, 5.41) is 4.25. The lowest BCUT2D eigenvalue weighted by atomic mass is 9.84. The summed E-state index contributed by atoms with van der Waals surface area (Å²) in [4.78, 5) is 17.1. The molecule has 4 atom stereocenters. The van der Waals surface area contributed by atoms with Crippen LogP contribution in [0.1, 0.15) is 43.0 Å². The van der Waals surface area contributed by atoms with E-state index in [1.807, 2.05) is 30.3 Å². The number of aromatic nitrogens is 1. The number of pyridine rings is 1. The van der Waals surface area contributed by atoms with E-state index in [0.29, 0.717) is 11.5 Å². The summed E-state index contributed by atoms with van der Waals surface area (Å²) in [5.41, 5.74) is 1.48. The van der Waals surface area contributed by atoms with Gasteiger partial charge in [0.25, 0.3) is 5.91 Å². The van der Waals surface area contributed by atoms with Gasteiger partial charge in [0, 0.05) is 17.6 Å². The zero-order valence-corrected chi connectivity index (χ0v) is 13.0. The number of amides is 1. The van der Waals surface area contributed by atoms with Crippen LogP contribution in [-0.2, 0) is 0 Å². The minimum Gasteiger partial charge on any atom is -0.349 e. The van der Waals surface area contributed by atoms with E-state index in [1.54, 1.807) is 6.20 Å². The van der Waals surface area contributed by atoms with Gasteiger partial charge in [-0.15, -0.1) is 0 Å². The molecule has 2 aromatic rings. The van der Waals surface area contributed by atoms with Crippen molar-refractivity contribution >= 4 is 16.8 Å². The maximum absolute atomic E-state index is 12.7. The summed E-state index contributed by atoms with van der Waals surface area (Å²) >= 11 is 0. The van der Waals surface area contributed by atoms with Gasteiger partial charge in [-0.2, -0.15) is 0 Å². The van der Waals surface area contributed by atoms with Crippen LogP contribution in [0.25, 0.3) is 10.9 Å². The summed E-state index contributed by atoms with van der Waals surface area (Å²) in [7, 11) is 0. The highest BCUT2D eigenvalue weighted by Crippen LogP contribution is 2.49. The monoisotopic (exact) mass is 294 g/mol. The second kappa shape index (κ2) is 5.38. The van der Waals surface area contributed by atoms with Gasteiger partial charge in [-0.1, -0.05) is 24.6 Å². The molecule has 1 aromatic heterocycles. The van der Waals surface area contributed by atoms with Crippen molar-refractivity contribution in [3.63, 3.8) is 0 Å². The lowest BCUT2D eigenvalue weighted by Gasteiger charge is -2.28. The number of carbonyl (C=O) groups is 1. The Balaban J connectivity index is 1.54. The van der Waals surface area contributed by atoms with Crippen LogP contribution in [0.15, 0.2) is 36.5 Å². The molecule has 1 amide bonds.